The first-order valence-corrected chi connectivity index (χ1v) is 10.9. The molecule has 0 aliphatic carbocycles. The number of nitrogens with zero attached hydrogens (tertiary/aromatic N) is 6. The van der Waals surface area contributed by atoms with Gasteiger partial charge in [0.05, 0.1) is 36.1 Å². The molecule has 1 aromatic carbocycles. The van der Waals surface area contributed by atoms with Crippen LogP contribution in [0.25, 0.3) is 11.3 Å². The van der Waals surface area contributed by atoms with E-state index >= 15 is 0 Å². The van der Waals surface area contributed by atoms with Crippen LogP contribution >= 0.6 is 0 Å². The van der Waals surface area contributed by atoms with Gasteiger partial charge in [0.2, 0.25) is 5.95 Å². The highest BCUT2D eigenvalue weighted by Gasteiger charge is 2.21. The van der Waals surface area contributed by atoms with Gasteiger partial charge in [-0.2, -0.15) is 5.10 Å². The van der Waals surface area contributed by atoms with Crippen molar-refractivity contribution >= 4 is 23.0 Å². The number of aromatic nitrogens is 4. The molecule has 3 heterocycles. The minimum absolute atomic E-state index is 0.551. The number of methoxy groups -OCH3 is 1. The number of anilines is 4. The molecule has 0 unspecified atom stereocenters. The van der Waals surface area contributed by atoms with Gasteiger partial charge in [0, 0.05) is 49.2 Å². The van der Waals surface area contributed by atoms with Crippen LogP contribution in [0.1, 0.15) is 24.1 Å². The van der Waals surface area contributed by atoms with Crippen LogP contribution in [0, 0.1) is 0 Å². The zero-order valence-electron chi connectivity index (χ0n) is 19.3. The molecule has 2 aromatic heterocycles. The topological polar surface area (TPSA) is 111 Å². The lowest BCUT2D eigenvalue weighted by molar-refractivity contribution is 0.409. The smallest absolute Gasteiger partial charge is 0.230 e. The van der Waals surface area contributed by atoms with Crippen LogP contribution in [-0.4, -0.2) is 59.4 Å². The highest BCUT2D eigenvalue weighted by molar-refractivity contribution is 5.84. The molecule has 0 bridgehead atoms. The normalized spacial score (nSPS) is 13.3. The molecule has 0 atom stereocenters. The highest BCUT2D eigenvalue weighted by Crippen LogP contribution is 2.40. The van der Waals surface area contributed by atoms with Crippen molar-refractivity contribution in [3.8, 4) is 17.0 Å². The third-order valence-electron chi connectivity index (χ3n) is 6.05. The number of hydrogen-bond donors (Lipinski definition) is 2. The summed E-state index contributed by atoms with van der Waals surface area (Å²) in [4.78, 5) is 13.3. The average molecular weight is 437 g/mol. The van der Waals surface area contributed by atoms with E-state index in [0.717, 1.165) is 42.0 Å². The number of benzene rings is 1. The number of rotatable bonds is 7. The molecule has 4 rings (SSSR count). The van der Waals surface area contributed by atoms with E-state index in [1.807, 2.05) is 44.4 Å². The zero-order valence-corrected chi connectivity index (χ0v) is 19.3. The fourth-order valence-electron chi connectivity index (χ4n) is 4.18. The van der Waals surface area contributed by atoms with Crippen molar-refractivity contribution in [2.24, 2.45) is 0 Å². The summed E-state index contributed by atoms with van der Waals surface area (Å²) < 4.78 is 7.63. The van der Waals surface area contributed by atoms with Crippen LogP contribution in [0.3, 0.4) is 0 Å². The predicted molar refractivity (Wildman–Crippen MR) is 128 cm³/mol. The van der Waals surface area contributed by atoms with E-state index in [1.165, 1.54) is 18.5 Å². The van der Waals surface area contributed by atoms with E-state index in [2.05, 4.69) is 19.7 Å². The number of ether oxygens (including phenoxy) is 1. The second-order valence-electron chi connectivity index (χ2n) is 8.44. The Bertz CT molecular complexity index is 1110. The largest absolute Gasteiger partial charge is 0.495 e. The second-order valence-corrected chi connectivity index (χ2v) is 8.44. The maximum atomic E-state index is 6.59. The van der Waals surface area contributed by atoms with Crippen molar-refractivity contribution in [3.63, 3.8) is 0 Å². The number of fused-ring (bicyclic) bond motifs is 1. The maximum absolute atomic E-state index is 6.59. The molecule has 0 fully saturated rings. The minimum Gasteiger partial charge on any atom is -0.495 e. The molecule has 170 valence electrons. The highest BCUT2D eigenvalue weighted by atomic mass is 16.5. The van der Waals surface area contributed by atoms with E-state index in [0.29, 0.717) is 29.5 Å². The third kappa shape index (κ3) is 4.08. The Morgan fingerprint density at radius 3 is 2.72 bits per heavy atom. The Kier molecular flexibility index (Phi) is 6.18. The summed E-state index contributed by atoms with van der Waals surface area (Å²) in [6, 6.07) is 3.78. The van der Waals surface area contributed by atoms with Crippen LogP contribution in [0.2, 0.25) is 0 Å². The van der Waals surface area contributed by atoms with Gasteiger partial charge in [-0.15, -0.1) is 0 Å². The Labute approximate surface area is 189 Å². The predicted octanol–water partition coefficient (Wildman–Crippen LogP) is 2.72. The standard InChI is InChI=1S/C23H32N8O/c1-29(2)12-9-15-21(24)19(13-20(32-4)22(15)25)30(3)23-26-10-8-17(28-23)16-14-27-31-11-6-5-7-18(16)31/h8,10,13-14H,5-7,9,11-12,24-25H2,1-4H3. The van der Waals surface area contributed by atoms with Crippen molar-refractivity contribution in [3.05, 3.63) is 35.8 Å². The Morgan fingerprint density at radius 1 is 1.16 bits per heavy atom. The first-order valence-electron chi connectivity index (χ1n) is 10.9. The molecular weight excluding hydrogens is 404 g/mol. The summed E-state index contributed by atoms with van der Waals surface area (Å²) in [5, 5.41) is 4.55. The van der Waals surface area contributed by atoms with Crippen LogP contribution in [0.15, 0.2) is 24.5 Å². The Balaban J connectivity index is 1.72. The molecule has 1 aliphatic rings. The lowest BCUT2D eigenvalue weighted by atomic mass is 10.0. The Hall–Kier alpha value is -3.33. The number of nitrogens with two attached hydrogens (primary N) is 2. The number of nitrogen functional groups attached to an aromatic ring is 2. The first kappa shape index (κ1) is 21.9. The summed E-state index contributed by atoms with van der Waals surface area (Å²) >= 11 is 0. The van der Waals surface area contributed by atoms with E-state index in [1.54, 1.807) is 13.3 Å². The van der Waals surface area contributed by atoms with E-state index in [9.17, 15) is 0 Å². The summed E-state index contributed by atoms with van der Waals surface area (Å²) in [6.45, 7) is 1.79. The molecule has 0 radical (unpaired) electrons. The van der Waals surface area contributed by atoms with E-state index < -0.39 is 0 Å². The second kappa shape index (κ2) is 9.04. The quantitative estimate of drug-likeness (QED) is 0.544. The van der Waals surface area contributed by atoms with Gasteiger partial charge >= 0.3 is 0 Å². The fourth-order valence-corrected chi connectivity index (χ4v) is 4.18. The van der Waals surface area contributed by atoms with Crippen LogP contribution < -0.4 is 21.1 Å². The Morgan fingerprint density at radius 2 is 1.97 bits per heavy atom. The minimum atomic E-state index is 0.551. The van der Waals surface area contributed by atoms with Gasteiger partial charge in [-0.1, -0.05) is 0 Å². The monoisotopic (exact) mass is 436 g/mol. The molecule has 0 amide bonds. The van der Waals surface area contributed by atoms with Crippen molar-refractivity contribution < 1.29 is 4.74 Å². The van der Waals surface area contributed by atoms with Gasteiger partial charge in [0.25, 0.3) is 0 Å². The molecule has 0 saturated carbocycles. The molecule has 3 aromatic rings. The molecular formula is C23H32N8O. The summed E-state index contributed by atoms with van der Waals surface area (Å²) in [5.41, 5.74) is 18.9. The van der Waals surface area contributed by atoms with E-state index in [-0.39, 0.29) is 0 Å². The van der Waals surface area contributed by atoms with Crippen LogP contribution in [0.5, 0.6) is 5.75 Å². The number of aryl methyl sites for hydroxylation is 1. The van der Waals surface area contributed by atoms with Gasteiger partial charge in [-0.25, -0.2) is 9.97 Å². The third-order valence-corrected chi connectivity index (χ3v) is 6.05. The average Bonchev–Trinajstić information content (AvgIpc) is 3.23. The molecule has 9 nitrogen and oxygen atoms in total. The van der Waals surface area contributed by atoms with Gasteiger partial charge < -0.3 is 26.0 Å². The number of likely N-dealkylation sites (N-methyl/N-ethyl adjacent to an activating group) is 1. The maximum Gasteiger partial charge on any atom is 0.230 e. The van der Waals surface area contributed by atoms with Crippen molar-refractivity contribution in [1.82, 2.24) is 24.6 Å². The zero-order chi connectivity index (χ0) is 22.8. The van der Waals surface area contributed by atoms with Crippen molar-refractivity contribution in [1.29, 1.82) is 0 Å². The molecule has 0 saturated heterocycles. The van der Waals surface area contributed by atoms with Crippen molar-refractivity contribution in [2.75, 3.05) is 51.2 Å². The van der Waals surface area contributed by atoms with Gasteiger partial charge in [0.15, 0.2) is 0 Å². The van der Waals surface area contributed by atoms with Crippen LogP contribution in [-0.2, 0) is 19.4 Å². The molecule has 32 heavy (non-hydrogen) atoms. The van der Waals surface area contributed by atoms with Gasteiger partial charge in [-0.05, 0) is 45.8 Å². The SMILES string of the molecule is COc1cc(N(C)c2nccc(-c3cnn4c3CCCC4)n2)c(N)c(CCN(C)C)c1N. The lowest BCUT2D eigenvalue weighted by Crippen LogP contribution is -2.20. The fraction of sp³-hybridized carbons (Fsp3) is 0.435. The lowest BCUT2D eigenvalue weighted by Gasteiger charge is -2.24. The van der Waals surface area contributed by atoms with Crippen LogP contribution in [0.4, 0.5) is 23.0 Å². The summed E-state index contributed by atoms with van der Waals surface area (Å²) in [5.74, 6) is 1.15. The molecule has 0 spiro atoms. The molecule has 4 N–H and O–H groups in total. The summed E-state index contributed by atoms with van der Waals surface area (Å²) in [7, 11) is 7.56. The first-order chi connectivity index (χ1) is 15.4. The van der Waals surface area contributed by atoms with Gasteiger partial charge in [0.1, 0.15) is 5.75 Å². The summed E-state index contributed by atoms with van der Waals surface area (Å²) in [6.07, 6.45) is 7.76. The molecule has 9 heteroatoms. The molecule has 1 aliphatic heterocycles. The van der Waals surface area contributed by atoms with E-state index in [4.69, 9.17) is 21.2 Å². The number of hydrogen-bond acceptors (Lipinski definition) is 8. The van der Waals surface area contributed by atoms with Gasteiger partial charge in [-0.3, -0.25) is 4.68 Å². The van der Waals surface area contributed by atoms with Crippen molar-refractivity contribution in [2.45, 2.75) is 32.2 Å².